The van der Waals surface area contributed by atoms with Gasteiger partial charge in [-0.2, -0.15) is 10.2 Å². The van der Waals surface area contributed by atoms with Gasteiger partial charge in [0.25, 0.3) is 0 Å². The maximum Gasteiger partial charge on any atom is 0.0588 e. The second kappa shape index (κ2) is 10.9. The van der Waals surface area contributed by atoms with E-state index < -0.39 is 0 Å². The van der Waals surface area contributed by atoms with E-state index in [1.807, 2.05) is 97.1 Å². The molecule has 32 heavy (non-hydrogen) atoms. The molecule has 0 aliphatic rings. The first-order chi connectivity index (χ1) is 15.7. The molecule has 0 fully saturated rings. The third-order valence-corrected chi connectivity index (χ3v) is 6.05. The molecule has 0 bridgehead atoms. The Kier molecular flexibility index (Phi) is 7.48. The molecule has 4 aromatic rings. The van der Waals surface area contributed by atoms with Crippen LogP contribution in [-0.4, -0.2) is 12.4 Å². The van der Waals surface area contributed by atoms with Crippen molar-refractivity contribution in [1.82, 2.24) is 0 Å². The highest BCUT2D eigenvalue weighted by Crippen LogP contribution is 2.28. The molecule has 2 N–H and O–H groups in total. The molecule has 0 amide bonds. The van der Waals surface area contributed by atoms with Crippen LogP contribution in [0.2, 0.25) is 0 Å². The number of rotatable bonds is 7. The molecule has 6 heteroatoms. The smallest absolute Gasteiger partial charge is 0.0588 e. The maximum absolute atomic E-state index is 4.28. The van der Waals surface area contributed by atoms with Gasteiger partial charge < -0.3 is 10.6 Å². The van der Waals surface area contributed by atoms with Crippen molar-refractivity contribution in [1.29, 1.82) is 0 Å². The van der Waals surface area contributed by atoms with E-state index in [1.165, 1.54) is 0 Å². The molecule has 4 aromatic carbocycles. The Hall–Kier alpha value is -3.22. The van der Waals surface area contributed by atoms with E-state index in [9.17, 15) is 0 Å². The minimum atomic E-state index is 0.944. The van der Waals surface area contributed by atoms with Gasteiger partial charge in [0.05, 0.1) is 23.8 Å². The maximum atomic E-state index is 4.28. The van der Waals surface area contributed by atoms with Crippen LogP contribution in [0.15, 0.2) is 116 Å². The molecule has 0 saturated carbocycles. The van der Waals surface area contributed by atoms with Gasteiger partial charge in [-0.15, -0.1) is 0 Å². The highest BCUT2D eigenvalue weighted by Gasteiger charge is 2.04. The summed E-state index contributed by atoms with van der Waals surface area (Å²) in [5.74, 6) is 0. The van der Waals surface area contributed by atoms with Crippen molar-refractivity contribution in [2.24, 2.45) is 10.2 Å². The van der Waals surface area contributed by atoms with Crippen LogP contribution in [0.1, 0.15) is 11.1 Å². The average Bonchev–Trinajstić information content (AvgIpc) is 2.81. The summed E-state index contributed by atoms with van der Waals surface area (Å²) in [5, 5.41) is 15.4. The molecule has 4 nitrogen and oxygen atoms in total. The highest BCUT2D eigenvalue weighted by atomic mass is 79.9. The zero-order chi connectivity index (χ0) is 22.2. The van der Waals surface area contributed by atoms with Crippen molar-refractivity contribution in [3.63, 3.8) is 0 Å². The fraction of sp³-hybridized carbons (Fsp3) is 0. The van der Waals surface area contributed by atoms with E-state index in [0.29, 0.717) is 0 Å². The molecule has 0 spiro atoms. The van der Waals surface area contributed by atoms with Crippen LogP contribution in [0.25, 0.3) is 0 Å². The monoisotopic (exact) mass is 546 g/mol. The van der Waals surface area contributed by atoms with Gasteiger partial charge in [0.2, 0.25) is 0 Å². The fourth-order valence-corrected chi connectivity index (χ4v) is 3.82. The second-order valence-electron chi connectivity index (χ2n) is 6.87. The minimum Gasteiger partial charge on any atom is -0.354 e. The lowest BCUT2D eigenvalue weighted by molar-refractivity contribution is 1.26. The molecule has 0 radical (unpaired) electrons. The van der Waals surface area contributed by atoms with Crippen LogP contribution in [-0.2, 0) is 0 Å². The van der Waals surface area contributed by atoms with Crippen LogP contribution in [0, 0.1) is 0 Å². The van der Waals surface area contributed by atoms with Crippen LogP contribution in [0.4, 0.5) is 22.7 Å². The van der Waals surface area contributed by atoms with Crippen molar-refractivity contribution >= 4 is 67.0 Å². The van der Waals surface area contributed by atoms with E-state index >= 15 is 0 Å². The lowest BCUT2D eigenvalue weighted by Gasteiger charge is -2.11. The summed E-state index contributed by atoms with van der Waals surface area (Å²) in [5.41, 5.74) is 5.77. The summed E-state index contributed by atoms with van der Waals surface area (Å²) >= 11 is 7.15. The van der Waals surface area contributed by atoms with Crippen LogP contribution in [0.3, 0.4) is 0 Å². The zero-order valence-corrected chi connectivity index (χ0v) is 20.2. The number of hydrogen-bond acceptors (Lipinski definition) is 4. The van der Waals surface area contributed by atoms with Gasteiger partial charge in [-0.1, -0.05) is 60.7 Å². The summed E-state index contributed by atoms with van der Waals surface area (Å²) in [6.45, 7) is 0. The lowest BCUT2D eigenvalue weighted by Crippen LogP contribution is -1.96. The molecule has 158 valence electrons. The number of para-hydroxylation sites is 4. The van der Waals surface area contributed by atoms with Crippen molar-refractivity contribution in [2.75, 3.05) is 10.6 Å². The predicted octanol–water partition coefficient (Wildman–Crippen LogP) is 8.15. The Morgan fingerprint density at radius 2 is 0.812 bits per heavy atom. The van der Waals surface area contributed by atoms with E-state index in [2.05, 4.69) is 52.7 Å². The first-order valence-corrected chi connectivity index (χ1v) is 11.6. The number of nitrogens with one attached hydrogen (secondary N) is 2. The van der Waals surface area contributed by atoms with Crippen LogP contribution in [0.5, 0.6) is 0 Å². The molecular weight excluding hydrogens is 528 g/mol. The molecule has 4 rings (SSSR count). The van der Waals surface area contributed by atoms with Gasteiger partial charge in [-0.05, 0) is 68.3 Å². The summed E-state index contributed by atoms with van der Waals surface area (Å²) in [4.78, 5) is 0. The third-order valence-electron chi connectivity index (χ3n) is 4.67. The Morgan fingerprint density at radius 3 is 1.22 bits per heavy atom. The normalized spacial score (nSPS) is 11.2. The van der Waals surface area contributed by atoms with Crippen molar-refractivity contribution in [3.8, 4) is 0 Å². The second-order valence-corrected chi connectivity index (χ2v) is 8.58. The van der Waals surface area contributed by atoms with Crippen molar-refractivity contribution < 1.29 is 0 Å². The van der Waals surface area contributed by atoms with Crippen LogP contribution < -0.4 is 10.6 Å². The van der Waals surface area contributed by atoms with Gasteiger partial charge >= 0.3 is 0 Å². The number of benzene rings is 4. The first kappa shape index (κ1) is 22.0. The average molecular weight is 548 g/mol. The molecule has 0 aromatic heterocycles. The summed E-state index contributed by atoms with van der Waals surface area (Å²) < 4.78 is 2.00. The number of hydrogen-bond donors (Lipinski definition) is 2. The lowest BCUT2D eigenvalue weighted by atomic mass is 10.2. The SMILES string of the molecule is Brc1ccccc1Nc1ccccc1C=NN=Cc1ccccc1Nc1ccccc1Br. The van der Waals surface area contributed by atoms with Crippen LogP contribution >= 0.6 is 31.9 Å². The standard InChI is InChI=1S/C26H20Br2N4/c27-21-11-3-7-15-25(21)31-23-13-5-1-9-19(23)17-29-30-18-20-10-2-6-14-24(20)32-26-16-8-4-12-22(26)28/h1-18,31-32H. The molecule has 0 saturated heterocycles. The molecular formula is C26H20Br2N4. The fourth-order valence-electron chi connectivity index (χ4n) is 3.05. The zero-order valence-electron chi connectivity index (χ0n) is 17.0. The molecule has 0 heterocycles. The molecule has 0 aliphatic carbocycles. The summed E-state index contributed by atoms with van der Waals surface area (Å²) in [6.07, 6.45) is 3.50. The summed E-state index contributed by atoms with van der Waals surface area (Å²) in [6, 6.07) is 32.0. The molecule has 0 unspecified atom stereocenters. The largest absolute Gasteiger partial charge is 0.354 e. The highest BCUT2D eigenvalue weighted by molar-refractivity contribution is 9.11. The van der Waals surface area contributed by atoms with E-state index in [4.69, 9.17) is 0 Å². The number of anilines is 4. The van der Waals surface area contributed by atoms with Gasteiger partial charge in [-0.25, -0.2) is 0 Å². The Labute approximate surface area is 204 Å². The molecule has 0 atom stereocenters. The minimum absolute atomic E-state index is 0.944. The van der Waals surface area contributed by atoms with E-state index in [1.54, 1.807) is 12.4 Å². The first-order valence-electron chi connectivity index (χ1n) is 9.98. The number of nitrogens with zero attached hydrogens (tertiary/aromatic N) is 2. The topological polar surface area (TPSA) is 48.8 Å². The van der Waals surface area contributed by atoms with Gasteiger partial charge in [0, 0.05) is 31.4 Å². The molecule has 0 aliphatic heterocycles. The Balaban J connectivity index is 1.50. The quantitative estimate of drug-likeness (QED) is 0.181. The van der Waals surface area contributed by atoms with Gasteiger partial charge in [0.15, 0.2) is 0 Å². The predicted molar refractivity (Wildman–Crippen MR) is 143 cm³/mol. The third kappa shape index (κ3) is 5.72. The van der Waals surface area contributed by atoms with Gasteiger partial charge in [-0.3, -0.25) is 0 Å². The van der Waals surface area contributed by atoms with Crippen molar-refractivity contribution in [3.05, 3.63) is 117 Å². The van der Waals surface area contributed by atoms with E-state index in [-0.39, 0.29) is 0 Å². The number of halogens is 2. The van der Waals surface area contributed by atoms with Gasteiger partial charge in [0.1, 0.15) is 0 Å². The summed E-state index contributed by atoms with van der Waals surface area (Å²) in [7, 11) is 0. The van der Waals surface area contributed by atoms with Crippen molar-refractivity contribution in [2.45, 2.75) is 0 Å². The van der Waals surface area contributed by atoms with E-state index in [0.717, 1.165) is 42.8 Å². The Morgan fingerprint density at radius 1 is 0.469 bits per heavy atom. The Bertz CT molecular complexity index is 1170.